The fraction of sp³-hybridized carbons (Fsp3) is 0.500. The molecule has 0 radical (unpaired) electrons. The zero-order valence-corrected chi connectivity index (χ0v) is 12.6. The third-order valence-corrected chi connectivity index (χ3v) is 3.83. The first-order valence-electron chi connectivity index (χ1n) is 6.62. The normalized spacial score (nSPS) is 12.9. The van der Waals surface area contributed by atoms with Crippen molar-refractivity contribution < 1.29 is 14.8 Å². The van der Waals surface area contributed by atoms with E-state index in [-0.39, 0.29) is 0 Å². The summed E-state index contributed by atoms with van der Waals surface area (Å²) < 4.78 is 7.36. The molecule has 0 atom stereocenters. The van der Waals surface area contributed by atoms with Gasteiger partial charge in [0.05, 0.1) is 16.7 Å². The molecule has 0 fully saturated rings. The third kappa shape index (κ3) is 2.72. The lowest BCUT2D eigenvalue weighted by Gasteiger charge is -2.38. The smallest absolute Gasteiger partial charge is 0.423 e. The molecule has 108 valence electrons. The summed E-state index contributed by atoms with van der Waals surface area (Å²) in [5, 5.41) is 25.7. The van der Waals surface area contributed by atoms with Crippen LogP contribution in [0, 0.1) is 0 Å². The molecule has 0 spiro atoms. The zero-order valence-electron chi connectivity index (χ0n) is 12.6. The Labute approximate surface area is 119 Å². The summed E-state index contributed by atoms with van der Waals surface area (Å²) in [5.41, 5.74) is -0.676. The molecule has 0 saturated heterocycles. The number of rotatable bonds is 4. The average molecular weight is 276 g/mol. The maximum atomic E-state index is 10.3. The van der Waals surface area contributed by atoms with Crippen LogP contribution in [0.4, 0.5) is 0 Å². The lowest BCUT2D eigenvalue weighted by molar-refractivity contribution is -0.0982. The van der Waals surface area contributed by atoms with Gasteiger partial charge in [0.1, 0.15) is 0 Å². The number of nitrogens with zero attached hydrogens (tertiary/aromatic N) is 2. The maximum Gasteiger partial charge on any atom is 0.493 e. The Hall–Kier alpha value is -1.37. The lowest BCUT2D eigenvalue weighted by Crippen LogP contribution is -2.53. The van der Waals surface area contributed by atoms with E-state index in [1.54, 1.807) is 38.4 Å². The van der Waals surface area contributed by atoms with Gasteiger partial charge in [0.2, 0.25) is 0 Å². The largest absolute Gasteiger partial charge is 0.493 e. The molecule has 0 aliphatic carbocycles. The van der Waals surface area contributed by atoms with Crippen LogP contribution >= 0.6 is 0 Å². The molecule has 1 aromatic carbocycles. The molecule has 0 aliphatic heterocycles. The molecule has 2 N–H and O–H groups in total. The lowest BCUT2D eigenvalue weighted by atomic mass is 9.75. The predicted molar refractivity (Wildman–Crippen MR) is 79.8 cm³/mol. The molecule has 6 heteroatoms. The summed E-state index contributed by atoms with van der Waals surface area (Å²) in [4.78, 5) is 0. The highest BCUT2D eigenvalue weighted by molar-refractivity contribution is 6.63. The van der Waals surface area contributed by atoms with E-state index in [9.17, 15) is 10.1 Å². The van der Waals surface area contributed by atoms with Gasteiger partial charge in [-0.05, 0) is 27.7 Å². The van der Waals surface area contributed by atoms with Crippen LogP contribution < -0.4 is 5.46 Å². The summed E-state index contributed by atoms with van der Waals surface area (Å²) in [6, 6.07) is 5.56. The molecule has 20 heavy (non-hydrogen) atoms. The highest BCUT2D eigenvalue weighted by atomic mass is 16.5. The van der Waals surface area contributed by atoms with Gasteiger partial charge in [-0.1, -0.05) is 18.2 Å². The van der Waals surface area contributed by atoms with Crippen LogP contribution in [0.5, 0.6) is 0 Å². The number of hydrogen-bond donors (Lipinski definition) is 2. The fourth-order valence-corrected chi connectivity index (χ4v) is 1.87. The monoisotopic (exact) mass is 276 g/mol. The van der Waals surface area contributed by atoms with Crippen LogP contribution in [0.3, 0.4) is 0 Å². The Balaban J connectivity index is 2.35. The van der Waals surface area contributed by atoms with Crippen LogP contribution in [0.2, 0.25) is 0 Å². The summed E-state index contributed by atoms with van der Waals surface area (Å²) in [7, 11) is 0.688. The van der Waals surface area contributed by atoms with Crippen LogP contribution in [-0.4, -0.2) is 38.2 Å². The van der Waals surface area contributed by atoms with E-state index in [2.05, 4.69) is 5.10 Å². The molecular formula is C14H21BN2O3. The number of fused-ring (bicyclic) bond motifs is 1. The summed E-state index contributed by atoms with van der Waals surface area (Å²) in [6.07, 6.45) is 1.88. The van der Waals surface area contributed by atoms with Gasteiger partial charge in [-0.25, -0.2) is 0 Å². The second-order valence-corrected chi connectivity index (χ2v) is 6.13. The minimum atomic E-state index is -1.14. The summed E-state index contributed by atoms with van der Waals surface area (Å²) in [6.45, 7) is 6.80. The Kier molecular flexibility index (Phi) is 3.66. The van der Waals surface area contributed by atoms with Crippen LogP contribution in [0.15, 0.2) is 24.4 Å². The molecule has 0 amide bonds. The minimum Gasteiger partial charge on any atom is -0.423 e. The minimum absolute atomic E-state index is 0.598. The molecule has 0 aliphatic rings. The van der Waals surface area contributed by atoms with Crippen LogP contribution in [-0.2, 0) is 11.7 Å². The fourth-order valence-electron chi connectivity index (χ4n) is 1.87. The molecular weight excluding hydrogens is 255 g/mol. The van der Waals surface area contributed by atoms with Crippen molar-refractivity contribution in [3.05, 3.63) is 24.4 Å². The van der Waals surface area contributed by atoms with Gasteiger partial charge >= 0.3 is 7.12 Å². The Bertz CT molecular complexity index is 616. The van der Waals surface area contributed by atoms with Crippen molar-refractivity contribution in [1.82, 2.24) is 9.78 Å². The van der Waals surface area contributed by atoms with E-state index >= 15 is 0 Å². The van der Waals surface area contributed by atoms with Gasteiger partial charge in [0, 0.05) is 24.1 Å². The topological polar surface area (TPSA) is 67.5 Å². The predicted octanol–water partition coefficient (Wildman–Crippen LogP) is 0.827. The van der Waals surface area contributed by atoms with Crippen molar-refractivity contribution in [3.8, 4) is 0 Å². The van der Waals surface area contributed by atoms with Crippen LogP contribution in [0.25, 0.3) is 10.9 Å². The SMILES string of the molecule is Cn1cc2cccc(B(O)OC(C)(C)C(C)(C)O)c2n1. The molecule has 5 nitrogen and oxygen atoms in total. The van der Waals surface area contributed by atoms with Crippen molar-refractivity contribution in [2.24, 2.45) is 7.05 Å². The van der Waals surface area contributed by atoms with Gasteiger partial charge in [0.25, 0.3) is 0 Å². The number of benzene rings is 1. The van der Waals surface area contributed by atoms with Gasteiger partial charge in [-0.3, -0.25) is 4.68 Å². The third-order valence-electron chi connectivity index (χ3n) is 3.83. The van der Waals surface area contributed by atoms with Crippen molar-refractivity contribution in [2.45, 2.75) is 38.9 Å². The first-order chi connectivity index (χ1) is 9.12. The Morgan fingerprint density at radius 1 is 1.25 bits per heavy atom. The van der Waals surface area contributed by atoms with E-state index in [4.69, 9.17) is 4.65 Å². The highest BCUT2D eigenvalue weighted by Crippen LogP contribution is 2.25. The van der Waals surface area contributed by atoms with Gasteiger partial charge < -0.3 is 14.8 Å². The van der Waals surface area contributed by atoms with Gasteiger partial charge in [0.15, 0.2) is 0 Å². The second kappa shape index (κ2) is 4.88. The average Bonchev–Trinajstić information content (AvgIpc) is 2.66. The van der Waals surface area contributed by atoms with Crippen LogP contribution in [0.1, 0.15) is 27.7 Å². The van der Waals surface area contributed by atoms with Gasteiger partial charge in [-0.2, -0.15) is 5.10 Å². The highest BCUT2D eigenvalue weighted by Gasteiger charge is 2.40. The van der Waals surface area contributed by atoms with Crippen molar-refractivity contribution in [2.75, 3.05) is 0 Å². The van der Waals surface area contributed by atoms with E-state index in [0.29, 0.717) is 11.0 Å². The maximum absolute atomic E-state index is 10.3. The molecule has 2 aromatic rings. The number of aliphatic hydroxyl groups is 1. The molecule has 2 rings (SSSR count). The van der Waals surface area contributed by atoms with E-state index in [1.165, 1.54) is 0 Å². The van der Waals surface area contributed by atoms with Gasteiger partial charge in [-0.15, -0.1) is 0 Å². The molecule has 0 bridgehead atoms. The number of aromatic nitrogens is 2. The standard InChI is InChI=1S/C14H21BN2O3/c1-13(2,18)14(3,4)20-15(19)11-8-6-7-10-9-17(5)16-12(10)11/h6-9,18-19H,1-5H3. The van der Waals surface area contributed by atoms with Crippen molar-refractivity contribution in [3.63, 3.8) is 0 Å². The summed E-state index contributed by atoms with van der Waals surface area (Å²) >= 11 is 0. The Morgan fingerprint density at radius 2 is 1.90 bits per heavy atom. The molecule has 0 unspecified atom stereocenters. The molecule has 0 saturated carbocycles. The second-order valence-electron chi connectivity index (χ2n) is 6.13. The number of aryl methyl sites for hydroxylation is 1. The van der Waals surface area contributed by atoms with Crippen molar-refractivity contribution >= 4 is 23.5 Å². The first kappa shape index (κ1) is 15.0. The van der Waals surface area contributed by atoms with Crippen molar-refractivity contribution in [1.29, 1.82) is 0 Å². The first-order valence-corrected chi connectivity index (χ1v) is 6.62. The summed E-state index contributed by atoms with van der Waals surface area (Å²) in [5.74, 6) is 0. The molecule has 1 aromatic heterocycles. The quantitative estimate of drug-likeness (QED) is 0.812. The van der Waals surface area contributed by atoms with E-state index in [1.807, 2.05) is 25.4 Å². The molecule has 1 heterocycles. The number of hydrogen-bond acceptors (Lipinski definition) is 4. The Morgan fingerprint density at radius 3 is 2.50 bits per heavy atom. The van der Waals surface area contributed by atoms with E-state index < -0.39 is 18.3 Å². The zero-order chi connectivity index (χ0) is 15.1. The van der Waals surface area contributed by atoms with E-state index in [0.717, 1.165) is 5.39 Å².